The monoisotopic (exact) mass is 358 g/mol. The number of anilines is 1. The Hall–Kier alpha value is -2.62. The highest BCUT2D eigenvalue weighted by Crippen LogP contribution is 2.21. The van der Waals surface area contributed by atoms with Gasteiger partial charge in [0, 0.05) is 37.6 Å². The molecular formula is C15H18N8OS. The number of fused-ring (bicyclic) bond motifs is 1. The van der Waals surface area contributed by atoms with Crippen molar-refractivity contribution in [2.45, 2.75) is 19.3 Å². The second-order valence-corrected chi connectivity index (χ2v) is 6.95. The van der Waals surface area contributed by atoms with Gasteiger partial charge in [0.2, 0.25) is 5.91 Å². The van der Waals surface area contributed by atoms with Crippen molar-refractivity contribution in [3.05, 3.63) is 28.7 Å². The van der Waals surface area contributed by atoms with Crippen LogP contribution in [0.25, 0.3) is 5.65 Å². The van der Waals surface area contributed by atoms with Crippen LogP contribution in [0.5, 0.6) is 0 Å². The molecule has 130 valence electrons. The first-order valence-electron chi connectivity index (χ1n) is 8.26. The summed E-state index contributed by atoms with van der Waals surface area (Å²) < 4.78 is 1.41. The average molecular weight is 358 g/mol. The quantitative estimate of drug-likeness (QED) is 0.711. The summed E-state index contributed by atoms with van der Waals surface area (Å²) in [6.45, 7) is 2.16. The molecule has 1 aliphatic rings. The van der Waals surface area contributed by atoms with E-state index in [0.717, 1.165) is 36.6 Å². The molecule has 3 aromatic rings. The van der Waals surface area contributed by atoms with Gasteiger partial charge in [-0.2, -0.15) is 0 Å². The molecule has 1 fully saturated rings. The first-order valence-corrected chi connectivity index (χ1v) is 9.14. The summed E-state index contributed by atoms with van der Waals surface area (Å²) in [4.78, 5) is 18.8. The largest absolute Gasteiger partial charge is 0.355 e. The minimum absolute atomic E-state index is 0.0311. The zero-order valence-corrected chi connectivity index (χ0v) is 14.4. The van der Waals surface area contributed by atoms with Crippen LogP contribution in [0.3, 0.4) is 0 Å². The summed E-state index contributed by atoms with van der Waals surface area (Å²) in [5, 5.41) is 21.7. The third kappa shape index (κ3) is 3.58. The SMILES string of the molecule is O=C(NCCc1nccs1)[C@H]1CCCN(c2ccc3nnnn3n2)C1. The minimum Gasteiger partial charge on any atom is -0.355 e. The van der Waals surface area contributed by atoms with Gasteiger partial charge in [0.15, 0.2) is 11.5 Å². The van der Waals surface area contributed by atoms with Crippen LogP contribution >= 0.6 is 11.3 Å². The van der Waals surface area contributed by atoms with Gasteiger partial charge >= 0.3 is 0 Å². The molecule has 0 aromatic carbocycles. The molecule has 0 aliphatic carbocycles. The number of amides is 1. The van der Waals surface area contributed by atoms with E-state index in [4.69, 9.17) is 0 Å². The number of thiazole rings is 1. The normalized spacial score (nSPS) is 17.8. The van der Waals surface area contributed by atoms with E-state index in [0.29, 0.717) is 18.7 Å². The second kappa shape index (κ2) is 7.09. The number of aromatic nitrogens is 6. The molecule has 1 aliphatic heterocycles. The molecule has 0 bridgehead atoms. The van der Waals surface area contributed by atoms with Gasteiger partial charge in [-0.25, -0.2) is 4.98 Å². The fraction of sp³-hybridized carbons (Fsp3) is 0.467. The van der Waals surface area contributed by atoms with E-state index < -0.39 is 0 Å². The Morgan fingerprint density at radius 3 is 3.24 bits per heavy atom. The molecule has 0 spiro atoms. The van der Waals surface area contributed by atoms with Gasteiger partial charge in [-0.3, -0.25) is 4.79 Å². The topological polar surface area (TPSA) is 101 Å². The van der Waals surface area contributed by atoms with E-state index in [-0.39, 0.29) is 11.8 Å². The van der Waals surface area contributed by atoms with E-state index in [1.165, 1.54) is 4.63 Å². The highest BCUT2D eigenvalue weighted by molar-refractivity contribution is 7.09. The summed E-state index contributed by atoms with van der Waals surface area (Å²) in [7, 11) is 0. The summed E-state index contributed by atoms with van der Waals surface area (Å²) >= 11 is 1.61. The number of piperidine rings is 1. The molecule has 0 saturated carbocycles. The van der Waals surface area contributed by atoms with Crippen LogP contribution in [-0.2, 0) is 11.2 Å². The predicted molar refractivity (Wildman–Crippen MR) is 92.3 cm³/mol. The number of carbonyl (C=O) groups excluding carboxylic acids is 1. The summed E-state index contributed by atoms with van der Waals surface area (Å²) in [5.41, 5.74) is 0.609. The van der Waals surface area contributed by atoms with Gasteiger partial charge in [0.25, 0.3) is 0 Å². The Morgan fingerprint density at radius 2 is 2.36 bits per heavy atom. The second-order valence-electron chi connectivity index (χ2n) is 5.97. The predicted octanol–water partition coefficient (Wildman–Crippen LogP) is 0.551. The number of carbonyl (C=O) groups is 1. The van der Waals surface area contributed by atoms with Gasteiger partial charge < -0.3 is 10.2 Å². The molecule has 0 radical (unpaired) electrons. The lowest BCUT2D eigenvalue weighted by molar-refractivity contribution is -0.125. The maximum Gasteiger partial charge on any atom is 0.224 e. The molecular weight excluding hydrogens is 340 g/mol. The van der Waals surface area contributed by atoms with Crippen molar-refractivity contribution < 1.29 is 4.79 Å². The zero-order valence-electron chi connectivity index (χ0n) is 13.6. The number of tetrazole rings is 1. The van der Waals surface area contributed by atoms with E-state index >= 15 is 0 Å². The van der Waals surface area contributed by atoms with Crippen LogP contribution in [-0.4, -0.2) is 55.8 Å². The molecule has 0 unspecified atom stereocenters. The molecule has 25 heavy (non-hydrogen) atoms. The first-order chi connectivity index (χ1) is 12.3. The third-order valence-corrected chi connectivity index (χ3v) is 5.13. The average Bonchev–Trinajstić information content (AvgIpc) is 3.32. The van der Waals surface area contributed by atoms with Crippen molar-refractivity contribution >= 4 is 28.7 Å². The number of nitrogens with one attached hydrogen (secondary N) is 1. The van der Waals surface area contributed by atoms with Crippen LogP contribution in [0.15, 0.2) is 23.7 Å². The lowest BCUT2D eigenvalue weighted by atomic mass is 9.97. The molecule has 1 N–H and O–H groups in total. The lowest BCUT2D eigenvalue weighted by Gasteiger charge is -2.32. The molecule has 1 atom stereocenters. The van der Waals surface area contributed by atoms with E-state index in [9.17, 15) is 4.79 Å². The van der Waals surface area contributed by atoms with Crippen molar-refractivity contribution in [3.8, 4) is 0 Å². The van der Waals surface area contributed by atoms with Gasteiger partial charge in [-0.1, -0.05) is 0 Å². The number of hydrogen-bond donors (Lipinski definition) is 1. The summed E-state index contributed by atoms with van der Waals surface area (Å²) in [6.07, 6.45) is 4.42. The number of hydrogen-bond acceptors (Lipinski definition) is 8. The number of rotatable bonds is 5. The fourth-order valence-electron chi connectivity index (χ4n) is 3.02. The number of nitrogens with zero attached hydrogens (tertiary/aromatic N) is 7. The van der Waals surface area contributed by atoms with Gasteiger partial charge in [0.1, 0.15) is 0 Å². The highest BCUT2D eigenvalue weighted by Gasteiger charge is 2.26. The van der Waals surface area contributed by atoms with Gasteiger partial charge in [-0.15, -0.1) is 26.2 Å². The Bertz CT molecular complexity index is 848. The lowest BCUT2D eigenvalue weighted by Crippen LogP contribution is -2.44. The maximum absolute atomic E-state index is 12.5. The Labute approximate surface area is 148 Å². The molecule has 3 aromatic heterocycles. The van der Waals surface area contributed by atoms with Crippen LogP contribution in [0, 0.1) is 5.92 Å². The maximum atomic E-state index is 12.5. The third-order valence-electron chi connectivity index (χ3n) is 4.29. The van der Waals surface area contributed by atoms with Crippen LogP contribution < -0.4 is 10.2 Å². The highest BCUT2D eigenvalue weighted by atomic mass is 32.1. The van der Waals surface area contributed by atoms with Crippen molar-refractivity contribution in [2.75, 3.05) is 24.5 Å². The van der Waals surface area contributed by atoms with Crippen molar-refractivity contribution in [1.82, 2.24) is 35.6 Å². The van der Waals surface area contributed by atoms with Gasteiger partial charge in [0.05, 0.1) is 10.9 Å². The van der Waals surface area contributed by atoms with E-state index in [1.807, 2.05) is 17.5 Å². The molecule has 1 saturated heterocycles. The van der Waals surface area contributed by atoms with Gasteiger partial charge in [-0.05, 0) is 35.4 Å². The summed E-state index contributed by atoms with van der Waals surface area (Å²) in [5.74, 6) is 0.862. The fourth-order valence-corrected chi connectivity index (χ4v) is 3.64. The summed E-state index contributed by atoms with van der Waals surface area (Å²) in [6, 6.07) is 3.73. The zero-order chi connectivity index (χ0) is 17.1. The van der Waals surface area contributed by atoms with Crippen LogP contribution in [0.2, 0.25) is 0 Å². The Morgan fingerprint density at radius 1 is 1.40 bits per heavy atom. The van der Waals surface area contributed by atoms with E-state index in [2.05, 4.69) is 35.8 Å². The minimum atomic E-state index is -0.0311. The van der Waals surface area contributed by atoms with E-state index in [1.54, 1.807) is 17.5 Å². The van der Waals surface area contributed by atoms with Crippen molar-refractivity contribution in [3.63, 3.8) is 0 Å². The first kappa shape index (κ1) is 15.9. The Balaban J connectivity index is 1.35. The Kier molecular flexibility index (Phi) is 4.51. The molecule has 10 heteroatoms. The van der Waals surface area contributed by atoms with Crippen molar-refractivity contribution in [2.24, 2.45) is 5.92 Å². The van der Waals surface area contributed by atoms with Crippen LogP contribution in [0.4, 0.5) is 5.82 Å². The molecule has 4 rings (SSSR count). The molecule has 4 heterocycles. The standard InChI is InChI=1S/C15H18N8OS/c24-15(17-6-5-14-16-7-9-25-14)11-2-1-8-22(10-11)13-4-3-12-18-20-21-23(12)19-13/h3-4,7,9,11H,1-2,5-6,8,10H2,(H,17,24)/t11-/m0/s1. The molecule has 1 amide bonds. The van der Waals surface area contributed by atoms with Crippen molar-refractivity contribution in [1.29, 1.82) is 0 Å². The van der Waals surface area contributed by atoms with Crippen LogP contribution in [0.1, 0.15) is 17.8 Å². The molecule has 9 nitrogen and oxygen atoms in total. The smallest absolute Gasteiger partial charge is 0.224 e.